The van der Waals surface area contributed by atoms with Gasteiger partial charge >= 0.3 is 0 Å². The molecule has 2 aliphatic rings. The van der Waals surface area contributed by atoms with Crippen LogP contribution >= 0.6 is 6.19 Å². The SMILES string of the molecule is CN1/C(=C/[P@@](=S)(c2ccccc2)N2CCOCC2)C(C)(C)c2ccccc21. The molecule has 142 valence electrons. The number of para-hydroxylation sites is 1. The van der Waals surface area contributed by atoms with Crippen LogP contribution in [0.5, 0.6) is 0 Å². The molecule has 1 atom stereocenters. The molecule has 0 amide bonds. The quantitative estimate of drug-likeness (QED) is 0.716. The van der Waals surface area contributed by atoms with Crippen molar-refractivity contribution in [2.24, 2.45) is 0 Å². The normalized spacial score (nSPS) is 23.2. The summed E-state index contributed by atoms with van der Waals surface area (Å²) in [4.78, 5) is 2.33. The van der Waals surface area contributed by atoms with E-state index in [1.165, 1.54) is 22.3 Å². The predicted octanol–water partition coefficient (Wildman–Crippen LogP) is 4.31. The Bertz CT molecular complexity index is 904. The number of rotatable bonds is 3. The third-order valence-corrected chi connectivity index (χ3v) is 10.3. The van der Waals surface area contributed by atoms with Gasteiger partial charge in [-0.15, -0.1) is 0 Å². The zero-order valence-corrected chi connectivity index (χ0v) is 18.0. The van der Waals surface area contributed by atoms with Gasteiger partial charge in [0.2, 0.25) is 0 Å². The van der Waals surface area contributed by atoms with Crippen LogP contribution in [0.1, 0.15) is 19.4 Å². The first kappa shape index (κ1) is 18.9. The molecule has 3 nitrogen and oxygen atoms in total. The largest absolute Gasteiger partial charge is 0.379 e. The molecule has 5 heteroatoms. The zero-order chi connectivity index (χ0) is 19.1. The van der Waals surface area contributed by atoms with Crippen molar-refractivity contribution in [2.75, 3.05) is 38.3 Å². The number of hydrogen-bond acceptors (Lipinski definition) is 3. The lowest BCUT2D eigenvalue weighted by Gasteiger charge is -2.38. The average Bonchev–Trinajstić information content (AvgIpc) is 2.90. The number of benzene rings is 2. The lowest BCUT2D eigenvalue weighted by Crippen LogP contribution is -2.36. The average molecular weight is 399 g/mol. The highest BCUT2D eigenvalue weighted by molar-refractivity contribution is 8.18. The molecule has 0 aromatic heterocycles. The summed E-state index contributed by atoms with van der Waals surface area (Å²) in [5, 5.41) is 1.26. The molecule has 2 aromatic carbocycles. The summed E-state index contributed by atoms with van der Waals surface area (Å²) in [5.41, 5.74) is 3.90. The lowest BCUT2D eigenvalue weighted by atomic mass is 9.84. The van der Waals surface area contributed by atoms with Crippen LogP contribution in [-0.4, -0.2) is 38.0 Å². The second kappa shape index (κ2) is 7.18. The highest BCUT2D eigenvalue weighted by atomic mass is 32.4. The van der Waals surface area contributed by atoms with Gasteiger partial charge in [-0.25, -0.2) is 0 Å². The highest BCUT2D eigenvalue weighted by Crippen LogP contribution is 2.56. The minimum absolute atomic E-state index is 0.0591. The summed E-state index contributed by atoms with van der Waals surface area (Å²) in [6.45, 7) is 7.93. The van der Waals surface area contributed by atoms with Crippen LogP contribution < -0.4 is 10.2 Å². The van der Waals surface area contributed by atoms with E-state index in [-0.39, 0.29) is 5.41 Å². The van der Waals surface area contributed by atoms with Gasteiger partial charge in [0, 0.05) is 42.2 Å². The maximum atomic E-state index is 6.47. The number of morpholine rings is 1. The Balaban J connectivity index is 1.86. The number of hydrogen-bond donors (Lipinski definition) is 0. The van der Waals surface area contributed by atoms with Crippen molar-refractivity contribution in [3.63, 3.8) is 0 Å². The second-order valence-electron chi connectivity index (χ2n) is 7.74. The van der Waals surface area contributed by atoms with E-state index in [0.29, 0.717) is 0 Å². The Kier molecular flexibility index (Phi) is 5.02. The molecule has 0 spiro atoms. The van der Waals surface area contributed by atoms with Gasteiger partial charge in [0.05, 0.1) is 19.4 Å². The number of ether oxygens (including phenoxy) is 1. The van der Waals surface area contributed by atoms with Crippen molar-refractivity contribution in [3.05, 3.63) is 71.7 Å². The van der Waals surface area contributed by atoms with Crippen molar-refractivity contribution in [1.29, 1.82) is 0 Å². The van der Waals surface area contributed by atoms with Crippen LogP contribution in [0.2, 0.25) is 0 Å². The van der Waals surface area contributed by atoms with Gasteiger partial charge in [-0.3, -0.25) is 4.67 Å². The highest BCUT2D eigenvalue weighted by Gasteiger charge is 2.40. The van der Waals surface area contributed by atoms with E-state index in [4.69, 9.17) is 16.5 Å². The van der Waals surface area contributed by atoms with E-state index in [1.54, 1.807) is 0 Å². The number of likely N-dealkylation sites (N-methyl/N-ethyl adjacent to an activating group) is 1. The zero-order valence-electron chi connectivity index (χ0n) is 16.3. The molecule has 0 bridgehead atoms. The Morgan fingerprint density at radius 3 is 2.30 bits per heavy atom. The molecular weight excluding hydrogens is 371 g/mol. The number of fused-ring (bicyclic) bond motifs is 1. The first-order chi connectivity index (χ1) is 12.9. The Morgan fingerprint density at radius 2 is 1.63 bits per heavy atom. The molecule has 0 radical (unpaired) electrons. The van der Waals surface area contributed by atoms with E-state index >= 15 is 0 Å². The maximum Gasteiger partial charge on any atom is 0.0659 e. The summed E-state index contributed by atoms with van der Waals surface area (Å²) < 4.78 is 8.10. The van der Waals surface area contributed by atoms with Crippen molar-refractivity contribution in [2.45, 2.75) is 19.3 Å². The van der Waals surface area contributed by atoms with Crippen LogP contribution in [0.3, 0.4) is 0 Å². The summed E-state index contributed by atoms with van der Waals surface area (Å²) >= 11 is 6.47. The predicted molar refractivity (Wildman–Crippen MR) is 119 cm³/mol. The van der Waals surface area contributed by atoms with Gasteiger partial charge in [-0.1, -0.05) is 74.2 Å². The van der Waals surface area contributed by atoms with Crippen molar-refractivity contribution >= 4 is 29.0 Å². The summed E-state index contributed by atoms with van der Waals surface area (Å²) in [6.07, 6.45) is -2.06. The lowest BCUT2D eigenvalue weighted by molar-refractivity contribution is 0.0754. The molecular formula is C22H27N2OPS. The van der Waals surface area contributed by atoms with Gasteiger partial charge in [-0.05, 0) is 17.4 Å². The first-order valence-corrected chi connectivity index (χ1v) is 12.3. The summed E-state index contributed by atoms with van der Waals surface area (Å²) in [6, 6.07) is 19.4. The maximum absolute atomic E-state index is 6.47. The molecule has 0 saturated carbocycles. The fourth-order valence-corrected chi connectivity index (χ4v) is 8.19. The smallest absolute Gasteiger partial charge is 0.0659 e. The second-order valence-corrected chi connectivity index (χ2v) is 12.0. The Morgan fingerprint density at radius 1 is 1.00 bits per heavy atom. The Hall–Kier alpha value is -1.45. The molecule has 1 fully saturated rings. The molecule has 0 aliphatic carbocycles. The third kappa shape index (κ3) is 3.19. The van der Waals surface area contributed by atoms with Gasteiger partial charge in [0.1, 0.15) is 0 Å². The fraction of sp³-hybridized carbons (Fsp3) is 0.364. The van der Waals surface area contributed by atoms with Crippen molar-refractivity contribution in [1.82, 2.24) is 4.67 Å². The van der Waals surface area contributed by atoms with E-state index in [9.17, 15) is 0 Å². The van der Waals surface area contributed by atoms with E-state index in [2.05, 4.69) is 90.9 Å². The standard InChI is InChI=1S/C22H27N2OPS/c1-22(2)19-11-7-8-12-20(19)23(3)21(22)17-26(27,18-9-5-4-6-10-18)24-13-15-25-16-14-24/h4-12,17H,13-16H2,1-3H3/b21-17+/t26-/m1/s1. The van der Waals surface area contributed by atoms with Gasteiger partial charge in [0.25, 0.3) is 0 Å². The van der Waals surface area contributed by atoms with Gasteiger partial charge in [0.15, 0.2) is 0 Å². The van der Waals surface area contributed by atoms with Crippen LogP contribution in [0.15, 0.2) is 66.1 Å². The molecule has 27 heavy (non-hydrogen) atoms. The van der Waals surface area contributed by atoms with Gasteiger partial charge < -0.3 is 9.64 Å². The van der Waals surface area contributed by atoms with Crippen LogP contribution in [0.25, 0.3) is 0 Å². The van der Waals surface area contributed by atoms with Crippen LogP contribution in [0, 0.1) is 0 Å². The monoisotopic (exact) mass is 398 g/mol. The molecule has 0 unspecified atom stereocenters. The van der Waals surface area contributed by atoms with Crippen molar-refractivity contribution < 1.29 is 4.74 Å². The van der Waals surface area contributed by atoms with E-state index in [0.717, 1.165) is 26.3 Å². The van der Waals surface area contributed by atoms with E-state index < -0.39 is 6.19 Å². The van der Waals surface area contributed by atoms with Gasteiger partial charge in [-0.2, -0.15) is 0 Å². The molecule has 2 heterocycles. The third-order valence-electron chi connectivity index (χ3n) is 5.77. The molecule has 4 rings (SSSR count). The number of anilines is 1. The number of allylic oxidation sites excluding steroid dienone is 1. The summed E-state index contributed by atoms with van der Waals surface area (Å²) in [5.74, 6) is 2.42. The Labute approximate surface area is 167 Å². The van der Waals surface area contributed by atoms with Crippen molar-refractivity contribution in [3.8, 4) is 0 Å². The minimum atomic E-state index is -2.06. The molecule has 0 N–H and O–H groups in total. The molecule has 2 aromatic rings. The topological polar surface area (TPSA) is 15.7 Å². The molecule has 2 aliphatic heterocycles. The fourth-order valence-electron chi connectivity index (χ4n) is 4.21. The minimum Gasteiger partial charge on any atom is -0.379 e. The van der Waals surface area contributed by atoms with Crippen LogP contribution in [-0.2, 0) is 22.0 Å². The summed E-state index contributed by atoms with van der Waals surface area (Å²) in [7, 11) is 2.17. The molecule has 1 saturated heterocycles. The first-order valence-electron chi connectivity index (χ1n) is 9.50. The number of nitrogens with zero attached hydrogens (tertiary/aromatic N) is 2. The van der Waals surface area contributed by atoms with Crippen LogP contribution in [0.4, 0.5) is 5.69 Å². The van der Waals surface area contributed by atoms with E-state index in [1.807, 2.05) is 0 Å².